The van der Waals surface area contributed by atoms with Gasteiger partial charge in [0.25, 0.3) is 0 Å². The van der Waals surface area contributed by atoms with Crippen LogP contribution in [0.15, 0.2) is 5.03 Å². The number of benzene rings is 1. The summed E-state index contributed by atoms with van der Waals surface area (Å²) in [6.45, 7) is 0. The van der Waals surface area contributed by atoms with E-state index < -0.39 is 0 Å². The normalized spacial score (nSPS) is 14.8. The second-order valence-electron chi connectivity index (χ2n) is 3.01. The number of halogens is 6. The molecule has 0 N–H and O–H groups in total. The highest BCUT2D eigenvalue weighted by atomic mass is 35.5. The van der Waals surface area contributed by atoms with Gasteiger partial charge < -0.3 is 0 Å². The van der Waals surface area contributed by atoms with Crippen LogP contribution in [-0.4, -0.2) is 0 Å². The number of rotatable bonds is 0. The van der Waals surface area contributed by atoms with E-state index in [0.717, 1.165) is 5.56 Å². The first kappa shape index (κ1) is 12.2. The first-order valence-electron chi connectivity index (χ1n) is 3.84. The average molecular weight is 323 g/mol. The van der Waals surface area contributed by atoms with Crippen LogP contribution in [0.1, 0.15) is 11.1 Å². The molecule has 0 amide bonds. The van der Waals surface area contributed by atoms with Crippen molar-refractivity contribution in [2.24, 2.45) is 0 Å². The van der Waals surface area contributed by atoms with Gasteiger partial charge in [-0.05, 0) is 5.56 Å². The van der Waals surface area contributed by atoms with E-state index in [9.17, 15) is 0 Å². The molecule has 0 unspecified atom stereocenters. The minimum Gasteiger partial charge on any atom is -0.0871 e. The Morgan fingerprint density at radius 2 is 1.20 bits per heavy atom. The van der Waals surface area contributed by atoms with E-state index in [0.29, 0.717) is 32.1 Å². The summed E-state index contributed by atoms with van der Waals surface area (Å²) >= 11 is 35.8. The summed E-state index contributed by atoms with van der Waals surface area (Å²) in [5.74, 6) is 0. The van der Waals surface area contributed by atoms with Crippen LogP contribution in [0.25, 0.3) is 5.03 Å². The van der Waals surface area contributed by atoms with Crippen LogP contribution < -0.4 is 0 Å². The van der Waals surface area contributed by atoms with Gasteiger partial charge in [-0.3, -0.25) is 0 Å². The molecule has 0 radical (unpaired) electrons. The van der Waals surface area contributed by atoms with Crippen molar-refractivity contribution in [3.05, 3.63) is 36.2 Å². The minimum absolute atomic E-state index is 0.201. The van der Waals surface area contributed by atoms with Crippen molar-refractivity contribution in [1.29, 1.82) is 0 Å². The zero-order valence-corrected chi connectivity index (χ0v) is 11.5. The van der Waals surface area contributed by atoms with Crippen LogP contribution in [-0.2, 0) is 6.42 Å². The van der Waals surface area contributed by atoms with Gasteiger partial charge in [0.05, 0.1) is 25.1 Å². The van der Waals surface area contributed by atoms with E-state index in [2.05, 4.69) is 0 Å². The molecule has 0 aliphatic heterocycles. The van der Waals surface area contributed by atoms with Gasteiger partial charge in [-0.1, -0.05) is 69.6 Å². The van der Waals surface area contributed by atoms with E-state index in [1.807, 2.05) is 0 Å². The Hall–Kier alpha value is 0.700. The maximum absolute atomic E-state index is 6.03. The molecule has 2 rings (SSSR count). The second kappa shape index (κ2) is 4.18. The van der Waals surface area contributed by atoms with Crippen LogP contribution >= 0.6 is 69.6 Å². The number of fused-ring (bicyclic) bond motifs is 1. The fourth-order valence-corrected chi connectivity index (χ4v) is 3.05. The third-order valence-corrected chi connectivity index (χ3v) is 4.83. The van der Waals surface area contributed by atoms with E-state index >= 15 is 0 Å². The lowest BCUT2D eigenvalue weighted by atomic mass is 10.1. The van der Waals surface area contributed by atoms with Crippen molar-refractivity contribution in [2.75, 3.05) is 0 Å². The number of hydrogen-bond acceptors (Lipinski definition) is 0. The molecule has 0 aromatic heterocycles. The van der Waals surface area contributed by atoms with Crippen LogP contribution in [0.3, 0.4) is 0 Å². The van der Waals surface area contributed by atoms with Crippen molar-refractivity contribution < 1.29 is 0 Å². The molecule has 0 nitrogen and oxygen atoms in total. The van der Waals surface area contributed by atoms with Crippen molar-refractivity contribution in [2.45, 2.75) is 6.42 Å². The molecule has 1 aromatic carbocycles. The van der Waals surface area contributed by atoms with E-state index in [-0.39, 0.29) is 10.0 Å². The molecule has 0 bridgehead atoms. The zero-order chi connectivity index (χ0) is 11.3. The standard InChI is InChI=1S/C9H2Cl6/c10-3-1-2-4(6(3)12)7(13)9(15)8(14)5(2)11/h1H2. The van der Waals surface area contributed by atoms with Gasteiger partial charge in [-0.25, -0.2) is 0 Å². The molecular formula is C9H2Cl6. The SMILES string of the molecule is ClC1=C(Cl)c2c(Cl)c(Cl)c(Cl)c(Cl)c2C1. The molecule has 0 fully saturated rings. The van der Waals surface area contributed by atoms with Gasteiger partial charge in [0.1, 0.15) is 0 Å². The van der Waals surface area contributed by atoms with E-state index in [4.69, 9.17) is 69.6 Å². The average Bonchev–Trinajstić information content (AvgIpc) is 2.50. The van der Waals surface area contributed by atoms with Crippen molar-refractivity contribution in [1.82, 2.24) is 0 Å². The monoisotopic (exact) mass is 320 g/mol. The van der Waals surface area contributed by atoms with E-state index in [1.54, 1.807) is 0 Å². The Labute approximate surface area is 117 Å². The highest BCUT2D eigenvalue weighted by Crippen LogP contribution is 2.50. The Kier molecular flexibility index (Phi) is 3.39. The lowest BCUT2D eigenvalue weighted by Crippen LogP contribution is -1.89. The molecule has 1 aromatic rings. The third kappa shape index (κ3) is 1.76. The third-order valence-electron chi connectivity index (χ3n) is 2.15. The number of allylic oxidation sites excluding steroid dienone is 1. The lowest BCUT2D eigenvalue weighted by molar-refractivity contribution is 1.29. The van der Waals surface area contributed by atoms with E-state index in [1.165, 1.54) is 0 Å². The quantitative estimate of drug-likeness (QED) is 0.406. The Bertz CT molecular complexity index is 488. The zero-order valence-electron chi connectivity index (χ0n) is 6.97. The Morgan fingerprint density at radius 3 is 1.80 bits per heavy atom. The molecule has 1 aliphatic carbocycles. The van der Waals surface area contributed by atoms with Gasteiger partial charge in [0, 0.05) is 17.0 Å². The van der Waals surface area contributed by atoms with Crippen molar-refractivity contribution in [3.63, 3.8) is 0 Å². The maximum atomic E-state index is 6.03. The predicted octanol–water partition coefficient (Wildman–Crippen LogP) is 6.00. The predicted molar refractivity (Wildman–Crippen MR) is 68.8 cm³/mol. The number of hydrogen-bond donors (Lipinski definition) is 0. The van der Waals surface area contributed by atoms with Gasteiger partial charge >= 0.3 is 0 Å². The van der Waals surface area contributed by atoms with Crippen LogP contribution in [0.4, 0.5) is 0 Å². The molecule has 1 aliphatic rings. The highest BCUT2D eigenvalue weighted by Gasteiger charge is 2.28. The van der Waals surface area contributed by atoms with Gasteiger partial charge in [0.15, 0.2) is 0 Å². The summed E-state index contributed by atoms with van der Waals surface area (Å²) in [5.41, 5.74) is 1.31. The summed E-state index contributed by atoms with van der Waals surface area (Å²) in [4.78, 5) is 0. The van der Waals surface area contributed by atoms with Gasteiger partial charge in [-0.2, -0.15) is 0 Å². The molecule has 0 heterocycles. The molecule has 0 atom stereocenters. The first-order chi connectivity index (χ1) is 6.95. The van der Waals surface area contributed by atoms with Gasteiger partial charge in [0.2, 0.25) is 0 Å². The van der Waals surface area contributed by atoms with Crippen LogP contribution in [0.5, 0.6) is 0 Å². The highest BCUT2D eigenvalue weighted by molar-refractivity contribution is 6.59. The minimum atomic E-state index is 0.201. The Morgan fingerprint density at radius 1 is 0.667 bits per heavy atom. The molecule has 0 spiro atoms. The van der Waals surface area contributed by atoms with Crippen LogP contribution in [0.2, 0.25) is 20.1 Å². The van der Waals surface area contributed by atoms with Crippen molar-refractivity contribution in [3.8, 4) is 0 Å². The molecule has 80 valence electrons. The smallest absolute Gasteiger partial charge is 0.0800 e. The second-order valence-corrected chi connectivity index (χ2v) is 5.35. The lowest BCUT2D eigenvalue weighted by Gasteiger charge is -2.10. The molecule has 6 heteroatoms. The molecule has 0 saturated carbocycles. The summed E-state index contributed by atoms with van der Waals surface area (Å²) in [6.07, 6.45) is 0.436. The molecular weight excluding hydrogens is 321 g/mol. The van der Waals surface area contributed by atoms with Crippen molar-refractivity contribution >= 4 is 74.6 Å². The first-order valence-corrected chi connectivity index (χ1v) is 6.11. The summed E-state index contributed by atoms with van der Waals surface area (Å²) in [7, 11) is 0. The van der Waals surface area contributed by atoms with Gasteiger partial charge in [-0.15, -0.1) is 0 Å². The molecule has 15 heavy (non-hydrogen) atoms. The summed E-state index contributed by atoms with van der Waals surface area (Å²) in [5, 5.41) is 1.96. The largest absolute Gasteiger partial charge is 0.0871 e. The summed E-state index contributed by atoms with van der Waals surface area (Å²) in [6, 6.07) is 0. The fraction of sp³-hybridized carbons (Fsp3) is 0.111. The maximum Gasteiger partial charge on any atom is 0.0800 e. The van der Waals surface area contributed by atoms with Crippen LogP contribution in [0, 0.1) is 0 Å². The topological polar surface area (TPSA) is 0 Å². The fourth-order valence-electron chi connectivity index (χ4n) is 1.44. The molecule has 0 saturated heterocycles. The Balaban J connectivity index is 2.83. The summed E-state index contributed by atoms with van der Waals surface area (Å²) < 4.78 is 0.